The van der Waals surface area contributed by atoms with E-state index in [0.717, 1.165) is 36.3 Å². The SMILES string of the molecule is O=C(Nc1nc2c(s1)CCC2C(=O)NCCCc1ccccc1)c1ccc(F)cc1. The predicted octanol–water partition coefficient (Wildman–Crippen LogP) is 4.31. The number of aromatic nitrogens is 1. The summed E-state index contributed by atoms with van der Waals surface area (Å²) in [5.74, 6) is -1.02. The van der Waals surface area contributed by atoms with E-state index in [2.05, 4.69) is 27.8 Å². The van der Waals surface area contributed by atoms with Gasteiger partial charge in [0, 0.05) is 17.0 Å². The van der Waals surface area contributed by atoms with Gasteiger partial charge in [-0.05, 0) is 55.5 Å². The number of carbonyl (C=O) groups excluding carboxylic acids is 2. The summed E-state index contributed by atoms with van der Waals surface area (Å²) in [6, 6.07) is 15.5. The van der Waals surface area contributed by atoms with E-state index in [1.165, 1.54) is 41.2 Å². The lowest BCUT2D eigenvalue weighted by atomic mass is 10.1. The number of nitrogens with zero attached hydrogens (tertiary/aromatic N) is 1. The molecule has 4 rings (SSSR count). The molecule has 0 fully saturated rings. The van der Waals surface area contributed by atoms with Crippen LogP contribution in [-0.2, 0) is 17.6 Å². The lowest BCUT2D eigenvalue weighted by Gasteiger charge is -2.11. The highest BCUT2D eigenvalue weighted by atomic mass is 32.1. The van der Waals surface area contributed by atoms with Crippen LogP contribution < -0.4 is 10.6 Å². The molecule has 3 aromatic rings. The van der Waals surface area contributed by atoms with Gasteiger partial charge in [-0.2, -0.15) is 0 Å². The standard InChI is InChI=1S/C23H22FN3O2S/c24-17-10-8-16(9-11-17)21(28)27-23-26-20-18(12-13-19(20)30-23)22(29)25-14-4-7-15-5-2-1-3-6-15/h1-3,5-6,8-11,18H,4,7,12-14H2,(H,25,29)(H,26,27,28). The van der Waals surface area contributed by atoms with Gasteiger partial charge in [-0.25, -0.2) is 9.37 Å². The molecule has 1 aliphatic rings. The zero-order chi connectivity index (χ0) is 20.9. The summed E-state index contributed by atoms with van der Waals surface area (Å²) in [5, 5.41) is 6.24. The molecule has 1 aliphatic carbocycles. The van der Waals surface area contributed by atoms with Gasteiger partial charge in [0.2, 0.25) is 5.91 Å². The Morgan fingerprint density at radius 2 is 1.87 bits per heavy atom. The van der Waals surface area contributed by atoms with Crippen LogP contribution in [0.15, 0.2) is 54.6 Å². The summed E-state index contributed by atoms with van der Waals surface area (Å²) >= 11 is 1.40. The highest BCUT2D eigenvalue weighted by molar-refractivity contribution is 7.16. The molecule has 1 aromatic heterocycles. The molecular formula is C23H22FN3O2S. The summed E-state index contributed by atoms with van der Waals surface area (Å²) in [7, 11) is 0. The molecule has 1 atom stereocenters. The van der Waals surface area contributed by atoms with E-state index >= 15 is 0 Å². The Balaban J connectivity index is 1.31. The molecule has 0 aliphatic heterocycles. The van der Waals surface area contributed by atoms with E-state index < -0.39 is 5.82 Å². The summed E-state index contributed by atoms with van der Waals surface area (Å²) in [6.45, 7) is 0.623. The van der Waals surface area contributed by atoms with Gasteiger partial charge in [0.15, 0.2) is 5.13 Å². The van der Waals surface area contributed by atoms with Crippen LogP contribution >= 0.6 is 11.3 Å². The van der Waals surface area contributed by atoms with E-state index in [0.29, 0.717) is 17.2 Å². The number of aryl methyl sites for hydroxylation is 2. The number of fused-ring (bicyclic) bond motifs is 1. The zero-order valence-corrected chi connectivity index (χ0v) is 17.2. The Morgan fingerprint density at radius 3 is 2.63 bits per heavy atom. The fourth-order valence-corrected chi connectivity index (χ4v) is 4.61. The average molecular weight is 424 g/mol. The molecule has 30 heavy (non-hydrogen) atoms. The number of halogens is 1. The minimum atomic E-state index is -0.391. The second-order valence-electron chi connectivity index (χ2n) is 7.26. The summed E-state index contributed by atoms with van der Waals surface area (Å²) in [4.78, 5) is 30.5. The molecule has 5 nitrogen and oxygen atoms in total. The van der Waals surface area contributed by atoms with Crippen LogP contribution in [0, 0.1) is 5.82 Å². The molecule has 0 saturated heterocycles. The van der Waals surface area contributed by atoms with Crippen molar-refractivity contribution < 1.29 is 14.0 Å². The molecule has 7 heteroatoms. The Hall–Kier alpha value is -3.06. The normalized spacial score (nSPS) is 14.9. The number of hydrogen-bond acceptors (Lipinski definition) is 4. The lowest BCUT2D eigenvalue weighted by Crippen LogP contribution is -2.29. The van der Waals surface area contributed by atoms with Gasteiger partial charge in [0.1, 0.15) is 5.82 Å². The quantitative estimate of drug-likeness (QED) is 0.556. The van der Waals surface area contributed by atoms with Gasteiger partial charge in [-0.3, -0.25) is 14.9 Å². The second-order valence-corrected chi connectivity index (χ2v) is 8.34. The largest absolute Gasteiger partial charge is 0.356 e. The van der Waals surface area contributed by atoms with Gasteiger partial charge in [0.05, 0.1) is 11.6 Å². The number of benzene rings is 2. The lowest BCUT2D eigenvalue weighted by molar-refractivity contribution is -0.122. The molecule has 2 N–H and O–H groups in total. The van der Waals surface area contributed by atoms with Crippen molar-refractivity contribution >= 4 is 28.3 Å². The molecule has 0 saturated carbocycles. The molecule has 2 aromatic carbocycles. The number of rotatable bonds is 7. The summed E-state index contributed by atoms with van der Waals surface area (Å²) < 4.78 is 13.0. The van der Waals surface area contributed by atoms with Crippen molar-refractivity contribution in [3.05, 3.63) is 82.1 Å². The van der Waals surface area contributed by atoms with E-state index in [4.69, 9.17) is 0 Å². The van der Waals surface area contributed by atoms with Gasteiger partial charge >= 0.3 is 0 Å². The number of thiazole rings is 1. The zero-order valence-electron chi connectivity index (χ0n) is 16.4. The fourth-order valence-electron chi connectivity index (χ4n) is 3.58. The Labute approximate surface area is 178 Å². The first-order chi connectivity index (χ1) is 14.6. The molecule has 0 bridgehead atoms. The summed E-state index contributed by atoms with van der Waals surface area (Å²) in [5.41, 5.74) is 2.38. The van der Waals surface area contributed by atoms with Crippen LogP contribution in [0.25, 0.3) is 0 Å². The van der Waals surface area contributed by atoms with E-state index in [1.54, 1.807) is 0 Å². The highest BCUT2D eigenvalue weighted by Crippen LogP contribution is 2.38. The number of carbonyl (C=O) groups is 2. The van der Waals surface area contributed by atoms with Gasteiger partial charge in [-0.1, -0.05) is 30.3 Å². The first-order valence-electron chi connectivity index (χ1n) is 9.98. The van der Waals surface area contributed by atoms with Gasteiger partial charge < -0.3 is 5.32 Å². The minimum Gasteiger partial charge on any atom is -0.356 e. The average Bonchev–Trinajstić information content (AvgIpc) is 3.32. The van der Waals surface area contributed by atoms with E-state index in [9.17, 15) is 14.0 Å². The minimum absolute atomic E-state index is 0.0106. The Kier molecular flexibility index (Phi) is 6.18. The maximum absolute atomic E-state index is 13.0. The number of nitrogens with one attached hydrogen (secondary N) is 2. The number of hydrogen-bond donors (Lipinski definition) is 2. The predicted molar refractivity (Wildman–Crippen MR) is 115 cm³/mol. The molecular weight excluding hydrogens is 401 g/mol. The van der Waals surface area contributed by atoms with Crippen molar-refractivity contribution in [1.29, 1.82) is 0 Å². The maximum Gasteiger partial charge on any atom is 0.257 e. The second kappa shape index (κ2) is 9.17. The van der Waals surface area contributed by atoms with Crippen LogP contribution in [0.5, 0.6) is 0 Å². The van der Waals surface area contributed by atoms with Crippen molar-refractivity contribution in [2.45, 2.75) is 31.6 Å². The third kappa shape index (κ3) is 4.74. The van der Waals surface area contributed by atoms with E-state index in [1.807, 2.05) is 18.2 Å². The van der Waals surface area contributed by atoms with E-state index in [-0.39, 0.29) is 17.7 Å². The van der Waals surface area contributed by atoms with Crippen LogP contribution in [0.2, 0.25) is 0 Å². The Bertz CT molecular complexity index is 1030. The van der Waals surface area contributed by atoms with Crippen molar-refractivity contribution in [3.63, 3.8) is 0 Å². The van der Waals surface area contributed by atoms with Gasteiger partial charge in [0.25, 0.3) is 5.91 Å². The van der Waals surface area contributed by atoms with Crippen molar-refractivity contribution in [1.82, 2.24) is 10.3 Å². The molecule has 0 radical (unpaired) electrons. The number of amides is 2. The first-order valence-corrected chi connectivity index (χ1v) is 10.8. The molecule has 0 spiro atoms. The maximum atomic E-state index is 13.0. The van der Waals surface area contributed by atoms with Crippen molar-refractivity contribution in [2.24, 2.45) is 0 Å². The third-order valence-electron chi connectivity index (χ3n) is 5.15. The smallest absolute Gasteiger partial charge is 0.257 e. The van der Waals surface area contributed by atoms with Crippen LogP contribution in [0.4, 0.5) is 9.52 Å². The van der Waals surface area contributed by atoms with Gasteiger partial charge in [-0.15, -0.1) is 11.3 Å². The topological polar surface area (TPSA) is 71.1 Å². The van der Waals surface area contributed by atoms with Crippen LogP contribution in [0.3, 0.4) is 0 Å². The summed E-state index contributed by atoms with van der Waals surface area (Å²) in [6.07, 6.45) is 3.32. The highest BCUT2D eigenvalue weighted by Gasteiger charge is 2.32. The molecule has 154 valence electrons. The van der Waals surface area contributed by atoms with Crippen LogP contribution in [0.1, 0.15) is 45.3 Å². The third-order valence-corrected chi connectivity index (χ3v) is 6.19. The fraction of sp³-hybridized carbons (Fsp3) is 0.261. The first kappa shape index (κ1) is 20.2. The molecule has 1 unspecified atom stereocenters. The Morgan fingerprint density at radius 1 is 1.10 bits per heavy atom. The van der Waals surface area contributed by atoms with Crippen molar-refractivity contribution in [2.75, 3.05) is 11.9 Å². The molecule has 1 heterocycles. The van der Waals surface area contributed by atoms with Crippen molar-refractivity contribution in [3.8, 4) is 0 Å². The number of anilines is 1. The van der Waals surface area contributed by atoms with Crippen LogP contribution in [-0.4, -0.2) is 23.3 Å². The monoisotopic (exact) mass is 423 g/mol. The molecule has 2 amide bonds.